The molecule has 0 unspecified atom stereocenters. The van der Waals surface area contributed by atoms with Gasteiger partial charge in [-0.2, -0.15) is 0 Å². The molecule has 0 aliphatic rings. The Labute approximate surface area is 141 Å². The quantitative estimate of drug-likeness (QED) is 0.749. The Hall–Kier alpha value is -2.47. The van der Waals surface area contributed by atoms with Gasteiger partial charge in [-0.15, -0.1) is 0 Å². The van der Waals surface area contributed by atoms with Crippen LogP contribution in [0.3, 0.4) is 0 Å². The highest BCUT2D eigenvalue weighted by Gasteiger charge is 2.09. The number of aromatic carboxylic acids is 1. The van der Waals surface area contributed by atoms with E-state index in [0.717, 1.165) is 26.6 Å². The summed E-state index contributed by atoms with van der Waals surface area (Å²) in [7, 11) is 0. The number of benzene rings is 2. The van der Waals surface area contributed by atoms with Gasteiger partial charge in [0.15, 0.2) is 0 Å². The molecule has 0 radical (unpaired) electrons. The van der Waals surface area contributed by atoms with E-state index in [1.807, 2.05) is 19.1 Å². The second-order valence-electron chi connectivity index (χ2n) is 5.05. The van der Waals surface area contributed by atoms with Gasteiger partial charge in [0.25, 0.3) is 0 Å². The molecule has 0 aliphatic carbocycles. The van der Waals surface area contributed by atoms with E-state index in [2.05, 4.69) is 25.9 Å². The Balaban J connectivity index is 1.87. The van der Waals surface area contributed by atoms with Gasteiger partial charge >= 0.3 is 5.97 Å². The van der Waals surface area contributed by atoms with Gasteiger partial charge < -0.3 is 9.84 Å². The van der Waals surface area contributed by atoms with E-state index < -0.39 is 5.97 Å². The van der Waals surface area contributed by atoms with Crippen molar-refractivity contribution in [1.82, 2.24) is 9.97 Å². The van der Waals surface area contributed by atoms with Crippen molar-refractivity contribution in [3.8, 4) is 5.75 Å². The van der Waals surface area contributed by atoms with Gasteiger partial charge in [-0.3, -0.25) is 0 Å². The largest absolute Gasteiger partial charge is 0.487 e. The summed E-state index contributed by atoms with van der Waals surface area (Å²) in [5, 5.41) is 9.84. The number of hydrogen-bond acceptors (Lipinski definition) is 4. The molecule has 6 heteroatoms. The predicted octanol–water partition coefficient (Wildman–Crippen LogP) is 3.98. The van der Waals surface area contributed by atoms with Crippen LogP contribution in [0.1, 0.15) is 21.6 Å². The molecule has 0 bridgehead atoms. The van der Waals surface area contributed by atoms with Crippen molar-refractivity contribution in [1.29, 1.82) is 0 Å². The zero-order valence-electron chi connectivity index (χ0n) is 12.3. The summed E-state index contributed by atoms with van der Waals surface area (Å²) in [6.45, 7) is 2.25. The summed E-state index contributed by atoms with van der Waals surface area (Å²) in [4.78, 5) is 19.3. The molecule has 1 aromatic heterocycles. The highest BCUT2D eigenvalue weighted by Crippen LogP contribution is 2.30. The Morgan fingerprint density at radius 3 is 2.65 bits per heavy atom. The lowest BCUT2D eigenvalue weighted by Gasteiger charge is -2.10. The first-order chi connectivity index (χ1) is 11.0. The molecule has 0 aliphatic heterocycles. The maximum atomic E-state index is 10.9. The number of aromatic nitrogens is 2. The van der Waals surface area contributed by atoms with E-state index in [1.165, 1.54) is 6.33 Å². The minimum Gasteiger partial charge on any atom is -0.487 e. The summed E-state index contributed by atoms with van der Waals surface area (Å²) in [6, 6.07) is 10.4. The molecule has 0 spiro atoms. The molecule has 0 saturated heterocycles. The minimum atomic E-state index is -0.942. The maximum Gasteiger partial charge on any atom is 0.335 e. The zero-order chi connectivity index (χ0) is 16.4. The normalized spacial score (nSPS) is 10.7. The summed E-state index contributed by atoms with van der Waals surface area (Å²) >= 11 is 3.47. The van der Waals surface area contributed by atoms with E-state index in [0.29, 0.717) is 12.4 Å². The van der Waals surface area contributed by atoms with Crippen LogP contribution in [-0.4, -0.2) is 21.0 Å². The first kappa shape index (κ1) is 15.4. The average Bonchev–Trinajstić information content (AvgIpc) is 2.54. The van der Waals surface area contributed by atoms with Gasteiger partial charge in [0.2, 0.25) is 0 Å². The van der Waals surface area contributed by atoms with Crippen LogP contribution in [0, 0.1) is 6.92 Å². The molecule has 1 N–H and O–H groups in total. The number of hydrogen-bond donors (Lipinski definition) is 1. The summed E-state index contributed by atoms with van der Waals surface area (Å²) in [6.07, 6.45) is 1.51. The monoisotopic (exact) mass is 372 g/mol. The summed E-state index contributed by atoms with van der Waals surface area (Å²) in [5.74, 6) is -0.287. The number of fused-ring (bicyclic) bond motifs is 1. The van der Waals surface area contributed by atoms with Gasteiger partial charge in [0, 0.05) is 15.6 Å². The van der Waals surface area contributed by atoms with Crippen LogP contribution < -0.4 is 4.74 Å². The molecule has 1 heterocycles. The van der Waals surface area contributed by atoms with E-state index in [4.69, 9.17) is 9.84 Å². The molecule has 0 saturated carbocycles. The molecule has 5 nitrogen and oxygen atoms in total. The molecular formula is C17H13BrN2O3. The van der Waals surface area contributed by atoms with Crippen LogP contribution in [0.4, 0.5) is 0 Å². The fourth-order valence-corrected chi connectivity index (χ4v) is 2.68. The Bertz CT molecular complexity index is 879. The molecule has 0 atom stereocenters. The SMILES string of the molecule is Cc1ncnc2c(OCc3ccc(C(=O)O)cc3)cc(Br)cc12. The van der Waals surface area contributed by atoms with Crippen LogP contribution in [0.25, 0.3) is 10.9 Å². The second kappa shape index (κ2) is 6.34. The third kappa shape index (κ3) is 3.32. The topological polar surface area (TPSA) is 72.3 Å². The van der Waals surface area contributed by atoms with Crippen molar-refractivity contribution >= 4 is 32.8 Å². The van der Waals surface area contributed by atoms with Crippen molar-refractivity contribution < 1.29 is 14.6 Å². The average molecular weight is 373 g/mol. The summed E-state index contributed by atoms with van der Waals surface area (Å²) < 4.78 is 6.76. The van der Waals surface area contributed by atoms with Gasteiger partial charge in [-0.25, -0.2) is 14.8 Å². The van der Waals surface area contributed by atoms with Crippen LogP contribution in [0.2, 0.25) is 0 Å². The maximum absolute atomic E-state index is 10.9. The number of carboxylic acids is 1. The first-order valence-corrected chi connectivity index (χ1v) is 7.70. The zero-order valence-corrected chi connectivity index (χ0v) is 13.9. The lowest BCUT2D eigenvalue weighted by atomic mass is 10.1. The molecule has 2 aromatic carbocycles. The van der Waals surface area contributed by atoms with Gasteiger partial charge in [-0.1, -0.05) is 28.1 Å². The summed E-state index contributed by atoms with van der Waals surface area (Å²) in [5.41, 5.74) is 2.77. The molecule has 116 valence electrons. The number of rotatable bonds is 4. The number of halogens is 1. The Morgan fingerprint density at radius 2 is 1.96 bits per heavy atom. The lowest BCUT2D eigenvalue weighted by molar-refractivity contribution is 0.0697. The van der Waals surface area contributed by atoms with Crippen LogP contribution >= 0.6 is 15.9 Å². The minimum absolute atomic E-state index is 0.255. The molecule has 3 aromatic rings. The van der Waals surface area contributed by atoms with Gasteiger partial charge in [0.05, 0.1) is 5.56 Å². The van der Waals surface area contributed by atoms with E-state index >= 15 is 0 Å². The van der Waals surface area contributed by atoms with Crippen molar-refractivity contribution in [2.45, 2.75) is 13.5 Å². The number of aryl methyl sites for hydroxylation is 1. The first-order valence-electron chi connectivity index (χ1n) is 6.90. The third-order valence-corrected chi connectivity index (χ3v) is 3.92. The number of carbonyl (C=O) groups is 1. The van der Waals surface area contributed by atoms with Gasteiger partial charge in [0.1, 0.15) is 24.2 Å². The van der Waals surface area contributed by atoms with Crippen molar-refractivity contribution in [2.24, 2.45) is 0 Å². The smallest absolute Gasteiger partial charge is 0.335 e. The lowest BCUT2D eigenvalue weighted by Crippen LogP contribution is -2.00. The van der Waals surface area contributed by atoms with Crippen LogP contribution in [0.5, 0.6) is 5.75 Å². The van der Waals surface area contributed by atoms with E-state index in [1.54, 1.807) is 24.3 Å². The number of carboxylic acid groups (broad SMARTS) is 1. The third-order valence-electron chi connectivity index (χ3n) is 3.46. The van der Waals surface area contributed by atoms with Crippen LogP contribution in [-0.2, 0) is 6.61 Å². The standard InChI is InChI=1S/C17H13BrN2O3/c1-10-14-6-13(18)7-15(16(14)20-9-19-10)23-8-11-2-4-12(5-3-11)17(21)22/h2-7,9H,8H2,1H3,(H,21,22). The molecule has 3 rings (SSSR count). The van der Waals surface area contributed by atoms with Crippen LogP contribution in [0.15, 0.2) is 47.2 Å². The molecule has 0 fully saturated rings. The number of nitrogens with zero attached hydrogens (tertiary/aromatic N) is 2. The second-order valence-corrected chi connectivity index (χ2v) is 5.97. The van der Waals surface area contributed by atoms with E-state index in [9.17, 15) is 4.79 Å². The molecular weight excluding hydrogens is 360 g/mol. The van der Waals surface area contributed by atoms with E-state index in [-0.39, 0.29) is 5.56 Å². The highest BCUT2D eigenvalue weighted by molar-refractivity contribution is 9.10. The van der Waals surface area contributed by atoms with Crippen molar-refractivity contribution in [2.75, 3.05) is 0 Å². The molecule has 23 heavy (non-hydrogen) atoms. The fraction of sp³-hybridized carbons (Fsp3) is 0.118. The fourth-order valence-electron chi connectivity index (χ4n) is 2.24. The highest BCUT2D eigenvalue weighted by atomic mass is 79.9. The molecule has 0 amide bonds. The Kier molecular flexibility index (Phi) is 4.25. The van der Waals surface area contributed by atoms with Gasteiger partial charge in [-0.05, 0) is 36.8 Å². The van der Waals surface area contributed by atoms with Crippen molar-refractivity contribution in [3.05, 3.63) is 64.0 Å². The Morgan fingerprint density at radius 1 is 1.22 bits per heavy atom. The predicted molar refractivity (Wildman–Crippen MR) is 89.7 cm³/mol. The number of ether oxygens (including phenoxy) is 1. The van der Waals surface area contributed by atoms with Crippen molar-refractivity contribution in [3.63, 3.8) is 0 Å².